The standard InChI is InChI=1S/C7H12BrF2NO.C2H6/c1-4-2-5(12-7(9)10)6(8)11-3-4;1-2/h4-7,11H,2-3H2,1H3;1-2H3. The maximum Gasteiger partial charge on any atom is 0.345 e. The molecule has 14 heavy (non-hydrogen) atoms. The molecule has 1 saturated heterocycles. The van der Waals surface area contributed by atoms with Crippen LogP contribution in [0.15, 0.2) is 0 Å². The van der Waals surface area contributed by atoms with E-state index in [1.165, 1.54) is 0 Å². The van der Waals surface area contributed by atoms with Crippen LogP contribution < -0.4 is 5.32 Å². The highest BCUT2D eigenvalue weighted by Crippen LogP contribution is 2.22. The molecular formula is C9H18BrF2NO. The quantitative estimate of drug-likeness (QED) is 0.617. The second-order valence-corrected chi connectivity index (χ2v) is 4.07. The first-order valence-electron chi connectivity index (χ1n) is 4.90. The number of halogens is 3. The molecule has 0 radical (unpaired) electrons. The number of hydrogen-bond acceptors (Lipinski definition) is 2. The number of hydrogen-bond donors (Lipinski definition) is 1. The van der Waals surface area contributed by atoms with Gasteiger partial charge in [0.25, 0.3) is 0 Å². The zero-order valence-corrected chi connectivity index (χ0v) is 10.4. The third kappa shape index (κ3) is 5.22. The van der Waals surface area contributed by atoms with Crippen molar-refractivity contribution in [2.24, 2.45) is 5.92 Å². The predicted octanol–water partition coefficient (Wildman–Crippen LogP) is 2.97. The molecule has 86 valence electrons. The number of piperidine rings is 1. The smallest absolute Gasteiger partial charge is 0.317 e. The minimum atomic E-state index is -2.68. The lowest BCUT2D eigenvalue weighted by Gasteiger charge is -2.31. The van der Waals surface area contributed by atoms with E-state index in [0.717, 1.165) is 6.54 Å². The zero-order chi connectivity index (χ0) is 11.1. The van der Waals surface area contributed by atoms with Crippen molar-refractivity contribution in [1.29, 1.82) is 0 Å². The van der Waals surface area contributed by atoms with Crippen LogP contribution in [0.5, 0.6) is 0 Å². The molecule has 2 nitrogen and oxygen atoms in total. The maximum atomic E-state index is 11.8. The van der Waals surface area contributed by atoms with Crippen LogP contribution in [0.1, 0.15) is 27.2 Å². The van der Waals surface area contributed by atoms with E-state index in [1.54, 1.807) is 0 Å². The Kier molecular flexibility index (Phi) is 7.68. The van der Waals surface area contributed by atoms with Crippen LogP contribution in [0.4, 0.5) is 8.78 Å². The van der Waals surface area contributed by atoms with Crippen LogP contribution >= 0.6 is 15.9 Å². The first-order chi connectivity index (χ1) is 6.59. The molecule has 1 N–H and O–H groups in total. The first kappa shape index (κ1) is 14.3. The molecule has 0 spiro atoms. The first-order valence-corrected chi connectivity index (χ1v) is 5.82. The molecule has 0 amide bonds. The Morgan fingerprint density at radius 3 is 2.50 bits per heavy atom. The number of ether oxygens (including phenoxy) is 1. The second-order valence-electron chi connectivity index (χ2n) is 3.09. The summed E-state index contributed by atoms with van der Waals surface area (Å²) in [6.45, 7) is 4.18. The topological polar surface area (TPSA) is 21.3 Å². The fourth-order valence-corrected chi connectivity index (χ4v) is 1.83. The van der Waals surface area contributed by atoms with Gasteiger partial charge >= 0.3 is 6.61 Å². The van der Waals surface area contributed by atoms with Crippen LogP contribution in [0, 0.1) is 5.92 Å². The van der Waals surface area contributed by atoms with Gasteiger partial charge in [0.2, 0.25) is 0 Å². The molecule has 0 aromatic rings. The van der Waals surface area contributed by atoms with E-state index in [4.69, 9.17) is 0 Å². The molecule has 1 aliphatic heterocycles. The lowest BCUT2D eigenvalue weighted by Crippen LogP contribution is -2.46. The van der Waals surface area contributed by atoms with Crippen LogP contribution in [0.2, 0.25) is 0 Å². The Morgan fingerprint density at radius 1 is 1.43 bits per heavy atom. The summed E-state index contributed by atoms with van der Waals surface area (Å²) in [6.07, 6.45) is 0.251. The Labute approximate surface area is 92.5 Å². The maximum absolute atomic E-state index is 11.8. The van der Waals surface area contributed by atoms with E-state index >= 15 is 0 Å². The molecule has 3 unspecified atom stereocenters. The van der Waals surface area contributed by atoms with Crippen LogP contribution in [-0.4, -0.2) is 24.2 Å². The van der Waals surface area contributed by atoms with Crippen molar-refractivity contribution >= 4 is 15.9 Å². The summed E-state index contributed by atoms with van der Waals surface area (Å²) >= 11 is 3.24. The summed E-state index contributed by atoms with van der Waals surface area (Å²) in [5.41, 5.74) is 0. The van der Waals surface area contributed by atoms with Gasteiger partial charge in [0.1, 0.15) is 0 Å². The number of nitrogens with one attached hydrogen (secondary N) is 1. The summed E-state index contributed by atoms with van der Waals surface area (Å²) in [5, 5.41) is 3.05. The Hall–Kier alpha value is 0.260. The summed E-state index contributed by atoms with van der Waals surface area (Å²) in [5.74, 6) is 0.391. The molecule has 0 aliphatic carbocycles. The third-order valence-corrected chi connectivity index (χ3v) is 2.81. The summed E-state index contributed by atoms with van der Waals surface area (Å²) in [6, 6.07) is 0. The van der Waals surface area contributed by atoms with E-state index in [1.807, 2.05) is 20.8 Å². The molecule has 5 heteroatoms. The van der Waals surface area contributed by atoms with Gasteiger partial charge in [-0.3, -0.25) is 0 Å². The van der Waals surface area contributed by atoms with Crippen LogP contribution in [-0.2, 0) is 4.74 Å². The van der Waals surface area contributed by atoms with Crippen molar-refractivity contribution in [3.05, 3.63) is 0 Å². The number of alkyl halides is 3. The molecule has 0 aromatic heterocycles. The summed E-state index contributed by atoms with van der Waals surface area (Å²) < 4.78 is 28.1. The van der Waals surface area contributed by atoms with Crippen molar-refractivity contribution < 1.29 is 13.5 Å². The van der Waals surface area contributed by atoms with Gasteiger partial charge in [-0.1, -0.05) is 36.7 Å². The van der Waals surface area contributed by atoms with Crippen molar-refractivity contribution in [3.63, 3.8) is 0 Å². The van der Waals surface area contributed by atoms with E-state index < -0.39 is 12.7 Å². The number of rotatable bonds is 2. The highest BCUT2D eigenvalue weighted by molar-refractivity contribution is 9.09. The van der Waals surface area contributed by atoms with Gasteiger partial charge in [-0.05, 0) is 18.9 Å². The molecule has 0 bridgehead atoms. The van der Waals surface area contributed by atoms with Crippen molar-refractivity contribution in [2.45, 2.75) is 44.9 Å². The average molecular weight is 274 g/mol. The van der Waals surface area contributed by atoms with Gasteiger partial charge in [0, 0.05) is 0 Å². The average Bonchev–Trinajstić information content (AvgIpc) is 2.14. The third-order valence-electron chi connectivity index (χ3n) is 1.90. The lowest BCUT2D eigenvalue weighted by atomic mass is 10.00. The van der Waals surface area contributed by atoms with E-state index in [0.29, 0.717) is 12.3 Å². The largest absolute Gasteiger partial charge is 0.345 e. The van der Waals surface area contributed by atoms with Crippen LogP contribution in [0.3, 0.4) is 0 Å². The van der Waals surface area contributed by atoms with E-state index in [9.17, 15) is 8.78 Å². The molecule has 1 heterocycles. The lowest BCUT2D eigenvalue weighted by molar-refractivity contribution is -0.171. The minimum Gasteiger partial charge on any atom is -0.317 e. The normalized spacial score (nSPS) is 32.4. The van der Waals surface area contributed by atoms with Gasteiger partial charge < -0.3 is 10.1 Å². The SMILES string of the molecule is CC.CC1CNC(Br)C(OC(F)F)C1. The Bertz CT molecular complexity index is 147. The molecule has 0 aromatic carbocycles. The van der Waals surface area contributed by atoms with Gasteiger partial charge in [0.15, 0.2) is 0 Å². The van der Waals surface area contributed by atoms with E-state index in [2.05, 4.69) is 26.0 Å². The molecule has 0 saturated carbocycles. The molecule has 3 atom stereocenters. The Balaban J connectivity index is 0.000000791. The Morgan fingerprint density at radius 2 is 2.00 bits per heavy atom. The van der Waals surface area contributed by atoms with Gasteiger partial charge in [0.05, 0.1) is 11.1 Å². The van der Waals surface area contributed by atoms with Crippen LogP contribution in [0.25, 0.3) is 0 Å². The van der Waals surface area contributed by atoms with Gasteiger partial charge in [-0.25, -0.2) is 0 Å². The van der Waals surface area contributed by atoms with Crippen molar-refractivity contribution in [1.82, 2.24) is 5.32 Å². The molecule has 1 rings (SSSR count). The highest BCUT2D eigenvalue weighted by atomic mass is 79.9. The minimum absolute atomic E-state index is 0.150. The second kappa shape index (κ2) is 7.54. The van der Waals surface area contributed by atoms with Crippen molar-refractivity contribution in [3.8, 4) is 0 Å². The summed E-state index contributed by atoms with van der Waals surface area (Å²) in [7, 11) is 0. The van der Waals surface area contributed by atoms with Crippen molar-refractivity contribution in [2.75, 3.05) is 6.54 Å². The van der Waals surface area contributed by atoms with E-state index in [-0.39, 0.29) is 4.95 Å². The molecular weight excluding hydrogens is 256 g/mol. The van der Waals surface area contributed by atoms with Gasteiger partial charge in [-0.2, -0.15) is 8.78 Å². The highest BCUT2D eigenvalue weighted by Gasteiger charge is 2.29. The predicted molar refractivity (Wildman–Crippen MR) is 56.7 cm³/mol. The van der Waals surface area contributed by atoms with Gasteiger partial charge in [-0.15, -0.1) is 0 Å². The monoisotopic (exact) mass is 273 g/mol. The zero-order valence-electron chi connectivity index (χ0n) is 8.77. The fourth-order valence-electron chi connectivity index (χ4n) is 1.30. The molecule has 1 fully saturated rings. The fraction of sp³-hybridized carbons (Fsp3) is 1.00. The molecule has 1 aliphatic rings. The summed E-state index contributed by atoms with van der Waals surface area (Å²) in [4.78, 5) is -0.150.